The van der Waals surface area contributed by atoms with Gasteiger partial charge in [0, 0.05) is 12.6 Å². The molecule has 0 fully saturated rings. The highest BCUT2D eigenvalue weighted by atomic mass is 32.1. The summed E-state index contributed by atoms with van der Waals surface area (Å²) in [6.45, 7) is 1.71. The predicted molar refractivity (Wildman–Crippen MR) is 90.7 cm³/mol. The molecule has 1 amide bonds. The minimum absolute atomic E-state index is 0.0708. The van der Waals surface area contributed by atoms with Crippen LogP contribution in [0.25, 0.3) is 0 Å². The van der Waals surface area contributed by atoms with E-state index in [0.717, 1.165) is 5.56 Å². The van der Waals surface area contributed by atoms with Crippen LogP contribution < -0.4 is 10.1 Å². The van der Waals surface area contributed by atoms with Crippen LogP contribution >= 0.6 is 11.3 Å². The highest BCUT2D eigenvalue weighted by Crippen LogP contribution is 2.24. The molecule has 1 heterocycles. The molecular formula is C16H16N2O6S. The van der Waals surface area contributed by atoms with Crippen molar-refractivity contribution < 1.29 is 24.0 Å². The van der Waals surface area contributed by atoms with E-state index in [4.69, 9.17) is 9.47 Å². The van der Waals surface area contributed by atoms with E-state index in [0.29, 0.717) is 17.1 Å². The zero-order chi connectivity index (χ0) is 18.4. The largest absolute Gasteiger partial charge is 0.497 e. The van der Waals surface area contributed by atoms with Gasteiger partial charge in [-0.25, -0.2) is 4.79 Å². The minimum atomic E-state index is -1.02. The monoisotopic (exact) mass is 364 g/mol. The molecule has 0 radical (unpaired) electrons. The summed E-state index contributed by atoms with van der Waals surface area (Å²) in [6, 6.07) is 9.67. The molecule has 0 spiro atoms. The molecule has 1 N–H and O–H groups in total. The molecule has 25 heavy (non-hydrogen) atoms. The molecule has 2 aromatic rings. The molecule has 0 aliphatic carbocycles. The van der Waals surface area contributed by atoms with Crippen molar-refractivity contribution in [3.8, 4) is 5.75 Å². The molecule has 0 saturated carbocycles. The molecule has 0 aliphatic rings. The Hall–Kier alpha value is -2.94. The van der Waals surface area contributed by atoms with Gasteiger partial charge in [0.25, 0.3) is 5.91 Å². The highest BCUT2D eigenvalue weighted by Gasteiger charge is 2.22. The Balaban J connectivity index is 1.86. The summed E-state index contributed by atoms with van der Waals surface area (Å²) in [5.41, 5.74) is 0.863. The van der Waals surface area contributed by atoms with Crippen molar-refractivity contribution in [2.45, 2.75) is 19.6 Å². The van der Waals surface area contributed by atoms with E-state index in [-0.39, 0.29) is 16.4 Å². The second-order valence-corrected chi connectivity index (χ2v) is 6.07. The molecule has 0 bridgehead atoms. The number of carbonyl (C=O) groups excluding carboxylic acids is 2. The fourth-order valence-electron chi connectivity index (χ4n) is 1.88. The van der Waals surface area contributed by atoms with Crippen molar-refractivity contribution >= 4 is 28.2 Å². The Morgan fingerprint density at radius 3 is 2.48 bits per heavy atom. The number of methoxy groups -OCH3 is 1. The van der Waals surface area contributed by atoms with Gasteiger partial charge >= 0.3 is 11.0 Å². The lowest BCUT2D eigenvalue weighted by atomic mass is 10.2. The van der Waals surface area contributed by atoms with Crippen molar-refractivity contribution in [3.63, 3.8) is 0 Å². The summed E-state index contributed by atoms with van der Waals surface area (Å²) < 4.78 is 10.1. The van der Waals surface area contributed by atoms with E-state index in [1.165, 1.54) is 19.1 Å². The lowest BCUT2D eigenvalue weighted by Crippen LogP contribution is -2.35. The van der Waals surface area contributed by atoms with E-state index in [2.05, 4.69) is 5.32 Å². The summed E-state index contributed by atoms with van der Waals surface area (Å²) in [5, 5.41) is 13.1. The van der Waals surface area contributed by atoms with Crippen LogP contribution in [0.1, 0.15) is 22.2 Å². The van der Waals surface area contributed by atoms with Crippen LogP contribution in [-0.4, -0.2) is 30.0 Å². The van der Waals surface area contributed by atoms with Gasteiger partial charge in [-0.2, -0.15) is 0 Å². The Bertz CT molecular complexity index is 771. The van der Waals surface area contributed by atoms with Gasteiger partial charge in [0.2, 0.25) is 0 Å². The van der Waals surface area contributed by atoms with Gasteiger partial charge in [0.05, 0.1) is 12.0 Å². The van der Waals surface area contributed by atoms with Gasteiger partial charge in [-0.05, 0) is 30.7 Å². The van der Waals surface area contributed by atoms with E-state index in [9.17, 15) is 19.7 Å². The average Bonchev–Trinajstić information content (AvgIpc) is 3.10. The third-order valence-corrected chi connectivity index (χ3v) is 4.27. The van der Waals surface area contributed by atoms with Crippen LogP contribution in [0.2, 0.25) is 0 Å². The van der Waals surface area contributed by atoms with Crippen molar-refractivity contribution in [2.24, 2.45) is 0 Å². The van der Waals surface area contributed by atoms with Gasteiger partial charge in [-0.15, -0.1) is 0 Å². The number of carbonyl (C=O) groups is 2. The average molecular weight is 364 g/mol. The summed E-state index contributed by atoms with van der Waals surface area (Å²) in [7, 11) is 1.56. The number of esters is 1. The second-order valence-electron chi connectivity index (χ2n) is 5.01. The first-order valence-corrected chi connectivity index (χ1v) is 8.08. The molecule has 8 nitrogen and oxygen atoms in total. The van der Waals surface area contributed by atoms with Gasteiger partial charge in [0.15, 0.2) is 6.10 Å². The van der Waals surface area contributed by atoms with Crippen LogP contribution in [0.15, 0.2) is 36.4 Å². The normalized spacial score (nSPS) is 11.4. The molecular weight excluding hydrogens is 348 g/mol. The molecule has 0 saturated heterocycles. The molecule has 1 aromatic heterocycles. The van der Waals surface area contributed by atoms with E-state index in [1.54, 1.807) is 31.4 Å². The SMILES string of the molecule is COc1ccc(CNC(=O)[C@@H](C)OC(=O)c2ccc([N+](=O)[O-])s2)cc1. The number of benzene rings is 1. The van der Waals surface area contributed by atoms with Crippen molar-refractivity contribution in [1.29, 1.82) is 0 Å². The molecule has 1 atom stereocenters. The van der Waals surface area contributed by atoms with Crippen molar-refractivity contribution in [2.75, 3.05) is 7.11 Å². The summed E-state index contributed by atoms with van der Waals surface area (Å²) in [6.07, 6.45) is -1.02. The number of nitrogens with zero attached hydrogens (tertiary/aromatic N) is 1. The zero-order valence-corrected chi connectivity index (χ0v) is 14.4. The van der Waals surface area contributed by atoms with Gasteiger partial charge in [0.1, 0.15) is 10.6 Å². The van der Waals surface area contributed by atoms with Gasteiger partial charge < -0.3 is 14.8 Å². The van der Waals surface area contributed by atoms with Crippen LogP contribution in [0.4, 0.5) is 5.00 Å². The summed E-state index contributed by atoms with van der Waals surface area (Å²) >= 11 is 0.699. The van der Waals surface area contributed by atoms with E-state index >= 15 is 0 Å². The number of hydrogen-bond acceptors (Lipinski definition) is 7. The van der Waals surface area contributed by atoms with Crippen LogP contribution in [0.5, 0.6) is 5.75 Å². The fraction of sp³-hybridized carbons (Fsp3) is 0.250. The third-order valence-electron chi connectivity index (χ3n) is 3.25. The highest BCUT2D eigenvalue weighted by molar-refractivity contribution is 7.17. The summed E-state index contributed by atoms with van der Waals surface area (Å²) in [5.74, 6) is -0.525. The number of thiophene rings is 1. The Labute approximate surface area is 147 Å². The number of nitro groups is 1. The van der Waals surface area contributed by atoms with Crippen LogP contribution in [-0.2, 0) is 16.1 Å². The maximum absolute atomic E-state index is 12.0. The first-order chi connectivity index (χ1) is 11.9. The van der Waals surface area contributed by atoms with Crippen molar-refractivity contribution in [1.82, 2.24) is 5.32 Å². The summed E-state index contributed by atoms with van der Waals surface area (Å²) in [4.78, 5) is 34.0. The van der Waals surface area contributed by atoms with Gasteiger partial charge in [-0.3, -0.25) is 14.9 Å². The fourth-order valence-corrected chi connectivity index (χ4v) is 2.59. The third kappa shape index (κ3) is 5.01. The second kappa shape index (κ2) is 8.25. The molecule has 1 aromatic carbocycles. The van der Waals surface area contributed by atoms with Crippen LogP contribution in [0, 0.1) is 10.1 Å². The number of ether oxygens (including phenoxy) is 2. The predicted octanol–water partition coefficient (Wildman–Crippen LogP) is 2.53. The first kappa shape index (κ1) is 18.4. The molecule has 132 valence electrons. The van der Waals surface area contributed by atoms with Gasteiger partial charge in [-0.1, -0.05) is 23.5 Å². The number of amides is 1. The minimum Gasteiger partial charge on any atom is -0.497 e. The standard InChI is InChI=1S/C16H16N2O6S/c1-10(24-16(20)13-7-8-14(25-13)18(21)22)15(19)17-9-11-3-5-12(23-2)6-4-11/h3-8,10H,9H2,1-2H3,(H,17,19)/t10-/m1/s1. The lowest BCUT2D eigenvalue weighted by Gasteiger charge is -2.13. The Morgan fingerprint density at radius 1 is 1.24 bits per heavy atom. The maximum Gasteiger partial charge on any atom is 0.349 e. The molecule has 9 heteroatoms. The van der Waals surface area contributed by atoms with Crippen molar-refractivity contribution in [3.05, 3.63) is 57.0 Å². The number of rotatable bonds is 7. The molecule has 0 aliphatic heterocycles. The lowest BCUT2D eigenvalue weighted by molar-refractivity contribution is -0.380. The smallest absolute Gasteiger partial charge is 0.349 e. The zero-order valence-electron chi connectivity index (χ0n) is 13.6. The molecule has 2 rings (SSSR count). The van der Waals surface area contributed by atoms with E-state index < -0.39 is 22.9 Å². The quantitative estimate of drug-likeness (QED) is 0.459. The molecule has 0 unspecified atom stereocenters. The first-order valence-electron chi connectivity index (χ1n) is 7.26. The Morgan fingerprint density at radius 2 is 1.92 bits per heavy atom. The number of nitrogens with one attached hydrogen (secondary N) is 1. The maximum atomic E-state index is 12.0. The topological polar surface area (TPSA) is 108 Å². The van der Waals surface area contributed by atoms with E-state index in [1.807, 2.05) is 0 Å². The Kier molecular flexibility index (Phi) is 6.07. The van der Waals surface area contributed by atoms with Crippen LogP contribution in [0.3, 0.4) is 0 Å². The number of hydrogen-bond donors (Lipinski definition) is 1.